The highest BCUT2D eigenvalue weighted by Gasteiger charge is 2.33. The number of rotatable bonds is 3. The molecule has 0 aliphatic carbocycles. The van der Waals surface area contributed by atoms with E-state index in [2.05, 4.69) is 9.73 Å². The maximum atomic E-state index is 8.11. The third-order valence-corrected chi connectivity index (χ3v) is 1.64. The Hall–Kier alpha value is -0.135. The van der Waals surface area contributed by atoms with Crippen molar-refractivity contribution >= 4 is 7.85 Å². The van der Waals surface area contributed by atoms with E-state index in [1.807, 2.05) is 0 Å². The highest BCUT2D eigenvalue weighted by atomic mass is 17.1. The van der Waals surface area contributed by atoms with Crippen LogP contribution < -0.4 is 5.90 Å². The molecular formula is C5H10BNO4. The van der Waals surface area contributed by atoms with Crippen LogP contribution in [0, 0.1) is 0 Å². The van der Waals surface area contributed by atoms with Gasteiger partial charge in [0.2, 0.25) is 0 Å². The summed E-state index contributed by atoms with van der Waals surface area (Å²) in [6.07, 6.45) is -0.151. The van der Waals surface area contributed by atoms with Gasteiger partial charge in [-0.1, -0.05) is 0 Å². The lowest BCUT2D eigenvalue weighted by atomic mass is 9.96. The molecule has 0 bridgehead atoms. The molecule has 1 aliphatic rings. The predicted molar refractivity (Wildman–Crippen MR) is 36.7 cm³/mol. The molecule has 0 aromatic carbocycles. The Morgan fingerprint density at radius 2 is 2.45 bits per heavy atom. The standard InChI is InChI=1S/C5H10BNO4/c6-5-1-3(11-7)4(10-5)2-9-8/h3-5,8H,1-2,7H2/t3?,4-,5-/m1/s1. The van der Waals surface area contributed by atoms with Crippen molar-refractivity contribution in [2.75, 3.05) is 6.61 Å². The van der Waals surface area contributed by atoms with Crippen LogP contribution >= 0.6 is 0 Å². The fraction of sp³-hybridized carbons (Fsp3) is 1.00. The molecular weight excluding hydrogens is 149 g/mol. The second-order valence-electron chi connectivity index (χ2n) is 2.42. The molecule has 0 spiro atoms. The van der Waals surface area contributed by atoms with E-state index in [9.17, 15) is 0 Å². The second-order valence-corrected chi connectivity index (χ2v) is 2.42. The van der Waals surface area contributed by atoms with E-state index in [-0.39, 0.29) is 24.8 Å². The molecule has 1 unspecified atom stereocenters. The quantitative estimate of drug-likeness (QED) is 0.314. The van der Waals surface area contributed by atoms with Crippen molar-refractivity contribution in [3.63, 3.8) is 0 Å². The Bertz CT molecular complexity index is 125. The van der Waals surface area contributed by atoms with Crippen molar-refractivity contribution in [3.05, 3.63) is 0 Å². The maximum absolute atomic E-state index is 8.11. The van der Waals surface area contributed by atoms with Crippen molar-refractivity contribution in [3.8, 4) is 0 Å². The van der Waals surface area contributed by atoms with Crippen LogP contribution in [0.3, 0.4) is 0 Å². The molecule has 3 N–H and O–H groups in total. The molecule has 0 saturated carbocycles. The molecule has 1 saturated heterocycles. The van der Waals surface area contributed by atoms with E-state index in [0.29, 0.717) is 6.42 Å². The van der Waals surface area contributed by atoms with Gasteiger partial charge in [0.1, 0.15) is 26.7 Å². The van der Waals surface area contributed by atoms with Crippen molar-refractivity contribution in [1.82, 2.24) is 0 Å². The summed E-state index contributed by atoms with van der Waals surface area (Å²) in [6, 6.07) is -0.385. The molecule has 1 aliphatic heterocycles. The molecule has 1 rings (SSSR count). The molecule has 3 atom stereocenters. The van der Waals surface area contributed by atoms with Crippen LogP contribution in [-0.2, 0) is 14.5 Å². The van der Waals surface area contributed by atoms with E-state index in [0.717, 1.165) is 0 Å². The van der Waals surface area contributed by atoms with E-state index < -0.39 is 0 Å². The molecule has 0 aromatic heterocycles. The first kappa shape index (κ1) is 8.96. The first-order chi connectivity index (χ1) is 5.27. The van der Waals surface area contributed by atoms with Crippen molar-refractivity contribution in [1.29, 1.82) is 0 Å². The third kappa shape index (κ3) is 2.15. The summed E-state index contributed by atoms with van der Waals surface area (Å²) in [5.74, 6) is 4.94. The van der Waals surface area contributed by atoms with Crippen molar-refractivity contribution < 1.29 is 19.7 Å². The Labute approximate surface area is 65.7 Å². The van der Waals surface area contributed by atoms with Gasteiger partial charge in [0, 0.05) is 6.00 Å². The average Bonchev–Trinajstić information content (AvgIpc) is 2.32. The van der Waals surface area contributed by atoms with Gasteiger partial charge >= 0.3 is 0 Å². The summed E-state index contributed by atoms with van der Waals surface area (Å²) >= 11 is 0. The lowest BCUT2D eigenvalue weighted by molar-refractivity contribution is -0.263. The lowest BCUT2D eigenvalue weighted by Gasteiger charge is -2.13. The average molecular weight is 159 g/mol. The minimum absolute atomic E-state index is 0.0234. The summed E-state index contributed by atoms with van der Waals surface area (Å²) in [7, 11) is 5.43. The van der Waals surface area contributed by atoms with Gasteiger partial charge in [-0.05, 0) is 6.42 Å². The minimum Gasteiger partial charge on any atom is -0.379 e. The highest BCUT2D eigenvalue weighted by Crippen LogP contribution is 2.20. The molecule has 6 heteroatoms. The summed E-state index contributed by atoms with van der Waals surface area (Å²) in [4.78, 5) is 8.44. The first-order valence-electron chi connectivity index (χ1n) is 3.31. The number of hydrogen-bond acceptors (Lipinski definition) is 5. The smallest absolute Gasteiger partial charge is 0.111 e. The van der Waals surface area contributed by atoms with Crippen LogP contribution in [0.2, 0.25) is 0 Å². The fourth-order valence-corrected chi connectivity index (χ4v) is 1.11. The second kappa shape index (κ2) is 4.03. The zero-order valence-corrected chi connectivity index (χ0v) is 5.97. The molecule has 0 aromatic rings. The summed E-state index contributed by atoms with van der Waals surface area (Å²) < 4.78 is 5.09. The van der Waals surface area contributed by atoms with E-state index in [4.69, 9.17) is 23.7 Å². The molecule has 1 fully saturated rings. The Morgan fingerprint density at radius 3 is 3.00 bits per heavy atom. The normalized spacial score (nSPS) is 37.8. The first-order valence-corrected chi connectivity index (χ1v) is 3.31. The van der Waals surface area contributed by atoms with Gasteiger partial charge in [-0.2, -0.15) is 0 Å². The molecule has 11 heavy (non-hydrogen) atoms. The fourth-order valence-electron chi connectivity index (χ4n) is 1.11. The maximum Gasteiger partial charge on any atom is 0.111 e. The number of hydrogen-bond donors (Lipinski definition) is 2. The molecule has 62 valence electrons. The van der Waals surface area contributed by atoms with Gasteiger partial charge in [0.15, 0.2) is 0 Å². The van der Waals surface area contributed by atoms with Gasteiger partial charge in [-0.15, -0.1) is 0 Å². The summed E-state index contributed by atoms with van der Waals surface area (Å²) in [5, 5.41) is 8.11. The molecule has 0 amide bonds. The largest absolute Gasteiger partial charge is 0.379 e. The van der Waals surface area contributed by atoms with Gasteiger partial charge < -0.3 is 4.74 Å². The number of ether oxygens (including phenoxy) is 1. The Morgan fingerprint density at radius 1 is 1.73 bits per heavy atom. The highest BCUT2D eigenvalue weighted by molar-refractivity contribution is 6.11. The van der Waals surface area contributed by atoms with Gasteiger partial charge in [-0.25, -0.2) is 10.8 Å². The SMILES string of the molecule is [B][C@H]1CC(ON)[C@@H](COO)O1. The van der Waals surface area contributed by atoms with Crippen molar-refractivity contribution in [2.45, 2.75) is 24.6 Å². The van der Waals surface area contributed by atoms with Crippen LogP contribution in [0.15, 0.2) is 0 Å². The monoisotopic (exact) mass is 159 g/mol. The zero-order chi connectivity index (χ0) is 8.27. The lowest BCUT2D eigenvalue weighted by Crippen LogP contribution is -2.30. The van der Waals surface area contributed by atoms with Crippen LogP contribution in [0.25, 0.3) is 0 Å². The minimum atomic E-state index is -0.385. The van der Waals surface area contributed by atoms with Crippen molar-refractivity contribution in [2.24, 2.45) is 5.90 Å². The van der Waals surface area contributed by atoms with Crippen LogP contribution in [0.5, 0.6) is 0 Å². The van der Waals surface area contributed by atoms with E-state index in [1.54, 1.807) is 0 Å². The van der Waals surface area contributed by atoms with Crippen LogP contribution in [-0.4, -0.2) is 37.9 Å². The van der Waals surface area contributed by atoms with E-state index >= 15 is 0 Å². The zero-order valence-electron chi connectivity index (χ0n) is 5.97. The number of nitrogens with two attached hydrogens (primary N) is 1. The Kier molecular flexibility index (Phi) is 3.28. The van der Waals surface area contributed by atoms with Crippen LogP contribution in [0.1, 0.15) is 6.42 Å². The van der Waals surface area contributed by atoms with E-state index in [1.165, 1.54) is 0 Å². The third-order valence-electron chi connectivity index (χ3n) is 1.64. The molecule has 5 nitrogen and oxygen atoms in total. The van der Waals surface area contributed by atoms with Gasteiger partial charge in [0.05, 0.1) is 0 Å². The van der Waals surface area contributed by atoms with Gasteiger partial charge in [-0.3, -0.25) is 10.1 Å². The topological polar surface area (TPSA) is 73.9 Å². The summed E-state index contributed by atoms with van der Waals surface area (Å²) in [5.41, 5.74) is 0. The summed E-state index contributed by atoms with van der Waals surface area (Å²) in [6.45, 7) is 0.0234. The van der Waals surface area contributed by atoms with Crippen LogP contribution in [0.4, 0.5) is 0 Å². The predicted octanol–water partition coefficient (Wildman–Crippen LogP) is -0.982. The van der Waals surface area contributed by atoms with Gasteiger partial charge in [0.25, 0.3) is 0 Å². The molecule has 1 heterocycles. The Balaban J connectivity index is 2.37. The molecule has 2 radical (unpaired) electrons.